The highest BCUT2D eigenvalue weighted by molar-refractivity contribution is 7.92. The second-order valence-electron chi connectivity index (χ2n) is 7.40. The summed E-state index contributed by atoms with van der Waals surface area (Å²) in [6.07, 6.45) is 1.13. The molecule has 0 unspecified atom stereocenters. The van der Waals surface area contributed by atoms with Gasteiger partial charge in [0, 0.05) is 10.6 Å². The molecular weight excluding hydrogens is 450 g/mol. The van der Waals surface area contributed by atoms with Gasteiger partial charge in [0.25, 0.3) is 5.91 Å². The fourth-order valence-electron chi connectivity index (χ4n) is 3.50. The van der Waals surface area contributed by atoms with Crippen LogP contribution in [-0.2, 0) is 21.4 Å². The molecule has 1 N–H and O–H groups in total. The highest BCUT2D eigenvalue weighted by Crippen LogP contribution is 2.30. The normalized spacial score (nSPS) is 13.3. The molecule has 9 heteroatoms. The Bertz CT molecular complexity index is 1280. The van der Waals surface area contributed by atoms with Crippen molar-refractivity contribution in [3.05, 3.63) is 88.9 Å². The van der Waals surface area contributed by atoms with E-state index in [2.05, 4.69) is 5.32 Å². The number of anilines is 3. The standard InChI is InChI=1S/C23H20ClN3O4S/c1-32(30,31)27(14-16-6-10-18(24)11-7-16)19-12-8-17(9-13-19)23(29)26-15-22(28)25-20-4-2-3-5-21(20)26/h2-13H,14-15H2,1H3,(H,25,28). The first-order valence-corrected chi connectivity index (χ1v) is 12.0. The SMILES string of the molecule is CS(=O)(=O)N(Cc1ccc(Cl)cc1)c1ccc(C(=O)N2CC(=O)Nc3ccccc32)cc1. The number of nitrogens with zero attached hydrogens (tertiary/aromatic N) is 2. The number of benzene rings is 3. The minimum Gasteiger partial charge on any atom is -0.323 e. The van der Waals surface area contributed by atoms with Crippen molar-refractivity contribution in [1.82, 2.24) is 0 Å². The summed E-state index contributed by atoms with van der Waals surface area (Å²) < 4.78 is 26.1. The average molecular weight is 470 g/mol. The van der Waals surface area contributed by atoms with Crippen molar-refractivity contribution in [2.45, 2.75) is 6.54 Å². The molecule has 7 nitrogen and oxygen atoms in total. The Balaban J connectivity index is 1.61. The summed E-state index contributed by atoms with van der Waals surface area (Å²) in [6, 6.07) is 20.3. The largest absolute Gasteiger partial charge is 0.323 e. The van der Waals surface area contributed by atoms with Crippen LogP contribution in [0.5, 0.6) is 0 Å². The van der Waals surface area contributed by atoms with Crippen molar-refractivity contribution in [3.8, 4) is 0 Å². The van der Waals surface area contributed by atoms with E-state index in [0.717, 1.165) is 11.8 Å². The van der Waals surface area contributed by atoms with Gasteiger partial charge in [-0.15, -0.1) is 0 Å². The van der Waals surface area contributed by atoms with E-state index in [1.54, 1.807) is 72.8 Å². The van der Waals surface area contributed by atoms with E-state index in [-0.39, 0.29) is 24.9 Å². The second-order valence-corrected chi connectivity index (χ2v) is 9.74. The van der Waals surface area contributed by atoms with Crippen molar-refractivity contribution in [3.63, 3.8) is 0 Å². The van der Waals surface area contributed by atoms with Gasteiger partial charge in [0.2, 0.25) is 15.9 Å². The Morgan fingerprint density at radius 1 is 1.03 bits per heavy atom. The molecule has 0 atom stereocenters. The summed E-state index contributed by atoms with van der Waals surface area (Å²) in [5.74, 6) is -0.623. The van der Waals surface area contributed by atoms with E-state index in [1.165, 1.54) is 9.21 Å². The van der Waals surface area contributed by atoms with Crippen molar-refractivity contribution in [1.29, 1.82) is 0 Å². The minimum absolute atomic E-state index is 0.0936. The summed E-state index contributed by atoms with van der Waals surface area (Å²) in [6.45, 7) is 0.0343. The van der Waals surface area contributed by atoms with Gasteiger partial charge < -0.3 is 5.32 Å². The number of rotatable bonds is 5. The fourth-order valence-corrected chi connectivity index (χ4v) is 4.51. The second kappa shape index (κ2) is 8.64. The fraction of sp³-hybridized carbons (Fsp3) is 0.130. The van der Waals surface area contributed by atoms with E-state index in [0.29, 0.717) is 27.6 Å². The van der Waals surface area contributed by atoms with Gasteiger partial charge in [0.05, 0.1) is 29.9 Å². The third kappa shape index (κ3) is 4.61. The molecule has 0 bridgehead atoms. The molecule has 1 aliphatic heterocycles. The van der Waals surface area contributed by atoms with Crippen molar-refractivity contribution in [2.75, 3.05) is 27.3 Å². The number of carbonyl (C=O) groups is 2. The lowest BCUT2D eigenvalue weighted by molar-refractivity contribution is -0.115. The van der Waals surface area contributed by atoms with Crippen LogP contribution in [0.4, 0.5) is 17.1 Å². The molecular formula is C23H20ClN3O4S. The van der Waals surface area contributed by atoms with Crippen LogP contribution in [0.1, 0.15) is 15.9 Å². The van der Waals surface area contributed by atoms with Gasteiger partial charge in [0.15, 0.2) is 0 Å². The number of nitrogens with one attached hydrogen (secondary N) is 1. The zero-order valence-electron chi connectivity index (χ0n) is 17.2. The number of sulfonamides is 1. The lowest BCUT2D eigenvalue weighted by Gasteiger charge is -2.29. The molecule has 1 heterocycles. The monoisotopic (exact) mass is 469 g/mol. The molecule has 3 aromatic rings. The van der Waals surface area contributed by atoms with Gasteiger partial charge in [-0.1, -0.05) is 35.9 Å². The molecule has 2 amide bonds. The van der Waals surface area contributed by atoms with Gasteiger partial charge in [-0.2, -0.15) is 0 Å². The maximum Gasteiger partial charge on any atom is 0.258 e. The Kier molecular flexibility index (Phi) is 5.90. The Hall–Kier alpha value is -3.36. The number of para-hydroxylation sites is 2. The first kappa shape index (κ1) is 21.9. The van der Waals surface area contributed by atoms with Gasteiger partial charge in [-0.3, -0.25) is 18.8 Å². The lowest BCUT2D eigenvalue weighted by atomic mass is 10.1. The van der Waals surface area contributed by atoms with Gasteiger partial charge >= 0.3 is 0 Å². The van der Waals surface area contributed by atoms with Crippen LogP contribution >= 0.6 is 11.6 Å². The lowest BCUT2D eigenvalue weighted by Crippen LogP contribution is -2.42. The molecule has 0 spiro atoms. The topological polar surface area (TPSA) is 86.8 Å². The molecule has 0 aromatic heterocycles. The molecule has 4 rings (SSSR count). The molecule has 1 aliphatic rings. The van der Waals surface area contributed by atoms with Crippen LogP contribution in [0.2, 0.25) is 5.02 Å². The van der Waals surface area contributed by atoms with Crippen molar-refractivity contribution in [2.24, 2.45) is 0 Å². The van der Waals surface area contributed by atoms with E-state index >= 15 is 0 Å². The maximum atomic E-state index is 13.1. The smallest absolute Gasteiger partial charge is 0.258 e. The van der Waals surface area contributed by atoms with Crippen LogP contribution < -0.4 is 14.5 Å². The molecule has 0 saturated heterocycles. The van der Waals surface area contributed by atoms with E-state index in [9.17, 15) is 18.0 Å². The molecule has 3 aromatic carbocycles. The first-order valence-electron chi connectivity index (χ1n) is 9.75. The summed E-state index contributed by atoms with van der Waals surface area (Å²) in [5, 5.41) is 3.31. The summed E-state index contributed by atoms with van der Waals surface area (Å²) in [4.78, 5) is 26.6. The van der Waals surface area contributed by atoms with Crippen molar-refractivity contribution >= 4 is 50.5 Å². The third-order valence-electron chi connectivity index (χ3n) is 5.06. The summed E-state index contributed by atoms with van der Waals surface area (Å²) in [5.41, 5.74) is 2.73. The highest BCUT2D eigenvalue weighted by Gasteiger charge is 2.27. The van der Waals surface area contributed by atoms with Crippen LogP contribution in [0, 0.1) is 0 Å². The van der Waals surface area contributed by atoms with Crippen LogP contribution in [-0.4, -0.2) is 33.0 Å². The maximum absolute atomic E-state index is 13.1. The summed E-state index contributed by atoms with van der Waals surface area (Å²) >= 11 is 5.91. The van der Waals surface area contributed by atoms with E-state index in [1.807, 2.05) is 0 Å². The third-order valence-corrected chi connectivity index (χ3v) is 6.45. The number of amides is 2. The Morgan fingerprint density at radius 3 is 2.34 bits per heavy atom. The number of hydrogen-bond acceptors (Lipinski definition) is 4. The molecule has 0 aliphatic carbocycles. The zero-order chi connectivity index (χ0) is 22.9. The van der Waals surface area contributed by atoms with Crippen LogP contribution in [0.25, 0.3) is 0 Å². The predicted octanol–water partition coefficient (Wildman–Crippen LogP) is 3.91. The number of hydrogen-bond donors (Lipinski definition) is 1. The van der Waals surface area contributed by atoms with Crippen molar-refractivity contribution < 1.29 is 18.0 Å². The van der Waals surface area contributed by atoms with E-state index in [4.69, 9.17) is 11.6 Å². The minimum atomic E-state index is -3.58. The number of carbonyl (C=O) groups excluding carboxylic acids is 2. The van der Waals surface area contributed by atoms with Gasteiger partial charge in [0.1, 0.15) is 6.54 Å². The van der Waals surface area contributed by atoms with Crippen LogP contribution in [0.3, 0.4) is 0 Å². The highest BCUT2D eigenvalue weighted by atomic mass is 35.5. The van der Waals surface area contributed by atoms with E-state index < -0.39 is 10.0 Å². The van der Waals surface area contributed by atoms with Crippen LogP contribution in [0.15, 0.2) is 72.8 Å². The number of halogens is 1. The predicted molar refractivity (Wildman–Crippen MR) is 126 cm³/mol. The quantitative estimate of drug-likeness (QED) is 0.613. The first-order chi connectivity index (χ1) is 15.2. The Labute approximate surface area is 191 Å². The van der Waals surface area contributed by atoms with Gasteiger partial charge in [-0.25, -0.2) is 8.42 Å². The molecule has 164 valence electrons. The molecule has 32 heavy (non-hydrogen) atoms. The zero-order valence-corrected chi connectivity index (χ0v) is 18.7. The molecule has 0 radical (unpaired) electrons. The Morgan fingerprint density at radius 2 is 1.69 bits per heavy atom. The van der Waals surface area contributed by atoms with Gasteiger partial charge in [-0.05, 0) is 54.1 Å². The molecule has 0 saturated carbocycles. The summed E-state index contributed by atoms with van der Waals surface area (Å²) in [7, 11) is -3.58. The molecule has 0 fully saturated rings. The average Bonchev–Trinajstić information content (AvgIpc) is 2.77. The number of fused-ring (bicyclic) bond motifs is 1.